The standard InChI is InChI=1S/C12H13N3O3/c16-12(17)9-2-1-3-10-13-14-11(15(9)10)6-8-4-5-18-7-8/h1-3,8H,4-7H2,(H,16,17). The fraction of sp³-hybridized carbons (Fsp3) is 0.417. The average Bonchev–Trinajstić information content (AvgIpc) is 2.99. The second-order valence-electron chi connectivity index (χ2n) is 4.46. The highest BCUT2D eigenvalue weighted by molar-refractivity contribution is 5.86. The van der Waals surface area contributed by atoms with Gasteiger partial charge in [-0.1, -0.05) is 6.07 Å². The Balaban J connectivity index is 2.03. The molecule has 6 nitrogen and oxygen atoms in total. The van der Waals surface area contributed by atoms with E-state index in [2.05, 4.69) is 10.2 Å². The molecule has 0 radical (unpaired) electrons. The summed E-state index contributed by atoms with van der Waals surface area (Å²) < 4.78 is 6.93. The van der Waals surface area contributed by atoms with Crippen molar-refractivity contribution in [2.45, 2.75) is 12.8 Å². The van der Waals surface area contributed by atoms with Crippen LogP contribution in [0, 0.1) is 5.92 Å². The summed E-state index contributed by atoms with van der Waals surface area (Å²) in [6.45, 7) is 1.48. The van der Waals surface area contributed by atoms with Crippen LogP contribution in [0.3, 0.4) is 0 Å². The Morgan fingerprint density at radius 1 is 1.50 bits per heavy atom. The van der Waals surface area contributed by atoms with Crippen LogP contribution in [0.5, 0.6) is 0 Å². The van der Waals surface area contributed by atoms with E-state index in [0.29, 0.717) is 30.4 Å². The van der Waals surface area contributed by atoms with E-state index in [1.807, 2.05) is 0 Å². The highest BCUT2D eigenvalue weighted by Crippen LogP contribution is 2.18. The van der Waals surface area contributed by atoms with E-state index in [1.165, 1.54) is 0 Å². The van der Waals surface area contributed by atoms with Gasteiger partial charge in [-0.3, -0.25) is 4.40 Å². The van der Waals surface area contributed by atoms with Crippen molar-refractivity contribution in [1.29, 1.82) is 0 Å². The SMILES string of the molecule is O=C(O)c1cccc2nnc(CC3CCOC3)n12. The van der Waals surface area contributed by atoms with Gasteiger partial charge in [-0.25, -0.2) is 4.79 Å². The molecule has 3 heterocycles. The molecule has 1 saturated heterocycles. The van der Waals surface area contributed by atoms with E-state index in [0.717, 1.165) is 13.0 Å². The third-order valence-electron chi connectivity index (χ3n) is 3.21. The minimum Gasteiger partial charge on any atom is -0.477 e. The normalized spacial score (nSPS) is 19.4. The molecule has 0 aromatic carbocycles. The van der Waals surface area contributed by atoms with E-state index in [-0.39, 0.29) is 5.69 Å². The molecule has 2 aromatic heterocycles. The third-order valence-corrected chi connectivity index (χ3v) is 3.21. The van der Waals surface area contributed by atoms with E-state index >= 15 is 0 Å². The maximum absolute atomic E-state index is 11.2. The molecule has 0 amide bonds. The van der Waals surface area contributed by atoms with Crippen LogP contribution >= 0.6 is 0 Å². The Labute approximate surface area is 103 Å². The number of aromatic nitrogens is 3. The Morgan fingerprint density at radius 2 is 2.39 bits per heavy atom. The summed E-state index contributed by atoms with van der Waals surface area (Å²) in [5.74, 6) is 0.127. The van der Waals surface area contributed by atoms with Crippen molar-refractivity contribution in [2.75, 3.05) is 13.2 Å². The van der Waals surface area contributed by atoms with Crippen molar-refractivity contribution in [2.24, 2.45) is 5.92 Å². The highest BCUT2D eigenvalue weighted by atomic mass is 16.5. The molecule has 0 spiro atoms. The van der Waals surface area contributed by atoms with E-state index < -0.39 is 5.97 Å². The van der Waals surface area contributed by atoms with Gasteiger partial charge in [0.15, 0.2) is 5.65 Å². The number of fused-ring (bicyclic) bond motifs is 1. The first kappa shape index (κ1) is 11.2. The van der Waals surface area contributed by atoms with Crippen molar-refractivity contribution in [3.63, 3.8) is 0 Å². The molecule has 1 fully saturated rings. The molecule has 0 saturated carbocycles. The number of aromatic carboxylic acids is 1. The fourth-order valence-electron chi connectivity index (χ4n) is 2.30. The zero-order valence-corrected chi connectivity index (χ0v) is 9.74. The number of hydrogen-bond donors (Lipinski definition) is 1. The predicted molar refractivity (Wildman–Crippen MR) is 62.6 cm³/mol. The lowest BCUT2D eigenvalue weighted by Gasteiger charge is -2.07. The summed E-state index contributed by atoms with van der Waals surface area (Å²) in [5.41, 5.74) is 0.773. The summed E-state index contributed by atoms with van der Waals surface area (Å²) >= 11 is 0. The zero-order chi connectivity index (χ0) is 12.5. The van der Waals surface area contributed by atoms with Gasteiger partial charge in [-0.2, -0.15) is 0 Å². The van der Waals surface area contributed by atoms with Gasteiger partial charge in [0.05, 0.1) is 0 Å². The van der Waals surface area contributed by atoms with Crippen LogP contribution in [-0.2, 0) is 11.2 Å². The minimum atomic E-state index is -0.968. The van der Waals surface area contributed by atoms with Gasteiger partial charge in [-0.05, 0) is 24.5 Å². The maximum Gasteiger partial charge on any atom is 0.352 e. The van der Waals surface area contributed by atoms with Crippen molar-refractivity contribution in [3.8, 4) is 0 Å². The molecular formula is C12H13N3O3. The number of pyridine rings is 1. The second-order valence-corrected chi connectivity index (χ2v) is 4.46. The van der Waals surface area contributed by atoms with Gasteiger partial charge >= 0.3 is 5.97 Å². The molecule has 1 aliphatic heterocycles. The van der Waals surface area contributed by atoms with Crippen LogP contribution in [-0.4, -0.2) is 38.9 Å². The summed E-state index contributed by atoms with van der Waals surface area (Å²) in [7, 11) is 0. The molecule has 6 heteroatoms. The molecule has 1 atom stereocenters. The first-order valence-electron chi connectivity index (χ1n) is 5.90. The molecule has 1 N–H and O–H groups in total. The molecule has 1 aliphatic rings. The summed E-state index contributed by atoms with van der Waals surface area (Å²) in [5, 5.41) is 17.3. The Hall–Kier alpha value is -1.95. The summed E-state index contributed by atoms with van der Waals surface area (Å²) in [4.78, 5) is 11.2. The van der Waals surface area contributed by atoms with Gasteiger partial charge < -0.3 is 9.84 Å². The molecule has 1 unspecified atom stereocenters. The highest BCUT2D eigenvalue weighted by Gasteiger charge is 2.21. The molecule has 2 aromatic rings. The summed E-state index contributed by atoms with van der Waals surface area (Å²) in [6, 6.07) is 5.00. The van der Waals surface area contributed by atoms with Crippen LogP contribution in [0.1, 0.15) is 22.7 Å². The lowest BCUT2D eigenvalue weighted by molar-refractivity contribution is 0.0688. The summed E-state index contributed by atoms with van der Waals surface area (Å²) in [6.07, 6.45) is 1.69. The number of nitrogens with zero attached hydrogens (tertiary/aromatic N) is 3. The second kappa shape index (κ2) is 4.38. The van der Waals surface area contributed by atoms with Gasteiger partial charge in [0.25, 0.3) is 0 Å². The van der Waals surface area contributed by atoms with Gasteiger partial charge in [0.1, 0.15) is 11.5 Å². The number of rotatable bonds is 3. The Kier molecular flexibility index (Phi) is 2.71. The van der Waals surface area contributed by atoms with E-state index in [9.17, 15) is 9.90 Å². The Bertz CT molecular complexity index is 587. The number of carbonyl (C=O) groups is 1. The number of hydrogen-bond acceptors (Lipinski definition) is 4. The minimum absolute atomic E-state index is 0.200. The molecule has 0 aliphatic carbocycles. The Morgan fingerprint density at radius 3 is 3.11 bits per heavy atom. The van der Waals surface area contributed by atoms with Crippen LogP contribution in [0.25, 0.3) is 5.65 Å². The molecule has 18 heavy (non-hydrogen) atoms. The van der Waals surface area contributed by atoms with E-state index in [4.69, 9.17) is 4.74 Å². The first-order chi connectivity index (χ1) is 8.75. The monoisotopic (exact) mass is 247 g/mol. The topological polar surface area (TPSA) is 76.7 Å². The largest absolute Gasteiger partial charge is 0.477 e. The van der Waals surface area contributed by atoms with Crippen LogP contribution in [0.2, 0.25) is 0 Å². The van der Waals surface area contributed by atoms with Crippen LogP contribution in [0.4, 0.5) is 0 Å². The van der Waals surface area contributed by atoms with E-state index in [1.54, 1.807) is 22.6 Å². The van der Waals surface area contributed by atoms with Crippen molar-refractivity contribution >= 4 is 11.6 Å². The van der Waals surface area contributed by atoms with Gasteiger partial charge in [-0.15, -0.1) is 10.2 Å². The predicted octanol–water partition coefficient (Wildman–Crippen LogP) is 1.01. The third kappa shape index (κ3) is 1.84. The van der Waals surface area contributed by atoms with Crippen LogP contribution in [0.15, 0.2) is 18.2 Å². The van der Waals surface area contributed by atoms with Crippen molar-refractivity contribution in [1.82, 2.24) is 14.6 Å². The smallest absolute Gasteiger partial charge is 0.352 e. The molecular weight excluding hydrogens is 234 g/mol. The first-order valence-corrected chi connectivity index (χ1v) is 5.90. The lowest BCUT2D eigenvalue weighted by Crippen LogP contribution is -2.11. The lowest BCUT2D eigenvalue weighted by atomic mass is 10.0. The number of carboxylic acids is 1. The van der Waals surface area contributed by atoms with Gasteiger partial charge in [0.2, 0.25) is 0 Å². The average molecular weight is 247 g/mol. The van der Waals surface area contributed by atoms with Crippen molar-refractivity contribution < 1.29 is 14.6 Å². The molecule has 94 valence electrons. The number of carboxylic acid groups (broad SMARTS) is 1. The van der Waals surface area contributed by atoms with Crippen molar-refractivity contribution in [3.05, 3.63) is 29.7 Å². The zero-order valence-electron chi connectivity index (χ0n) is 9.74. The van der Waals surface area contributed by atoms with Gasteiger partial charge in [0, 0.05) is 19.6 Å². The van der Waals surface area contributed by atoms with Crippen LogP contribution < -0.4 is 0 Å². The molecule has 3 rings (SSSR count). The quantitative estimate of drug-likeness (QED) is 0.875. The fourth-order valence-corrected chi connectivity index (χ4v) is 2.30. The number of ether oxygens (including phenoxy) is 1. The molecule has 0 bridgehead atoms. The maximum atomic E-state index is 11.2.